The summed E-state index contributed by atoms with van der Waals surface area (Å²) in [5.74, 6) is 0.328. The summed E-state index contributed by atoms with van der Waals surface area (Å²) in [7, 11) is 0. The molecule has 6 nitrogen and oxygen atoms in total. The first kappa shape index (κ1) is 21.2. The predicted molar refractivity (Wildman–Crippen MR) is 123 cm³/mol. The standard InChI is InChI=1S/C26H24N4O2/c1-18-21(19(2)30(29-18)24-14-8-9-16-27-24)15-17-28-26(32)23-13-7-6-12-22(23)25(31)20-10-4-3-5-11-20/h3-14,16H,15,17H2,1-2H3,(H,28,32). The molecule has 0 aliphatic heterocycles. The van der Waals surface area contributed by atoms with E-state index in [1.54, 1.807) is 42.6 Å². The number of amides is 1. The van der Waals surface area contributed by atoms with Crippen LogP contribution < -0.4 is 5.32 Å². The number of carbonyl (C=O) groups excluding carboxylic acids is 2. The number of pyridine rings is 1. The summed E-state index contributed by atoms with van der Waals surface area (Å²) in [5.41, 5.74) is 4.30. The molecule has 2 aromatic carbocycles. The Morgan fingerprint density at radius 2 is 1.56 bits per heavy atom. The van der Waals surface area contributed by atoms with Crippen LogP contribution in [0.15, 0.2) is 79.0 Å². The van der Waals surface area contributed by atoms with Gasteiger partial charge in [-0.25, -0.2) is 9.67 Å². The predicted octanol–water partition coefficient (Wildman–Crippen LogP) is 4.09. The molecule has 0 fully saturated rings. The lowest BCUT2D eigenvalue weighted by atomic mass is 9.98. The topological polar surface area (TPSA) is 76.9 Å². The zero-order chi connectivity index (χ0) is 22.5. The zero-order valence-electron chi connectivity index (χ0n) is 18.1. The maximum absolute atomic E-state index is 12.9. The van der Waals surface area contributed by atoms with Crippen molar-refractivity contribution in [3.8, 4) is 5.82 Å². The van der Waals surface area contributed by atoms with Crippen molar-refractivity contribution in [2.24, 2.45) is 0 Å². The van der Waals surface area contributed by atoms with E-state index >= 15 is 0 Å². The van der Waals surface area contributed by atoms with E-state index < -0.39 is 0 Å². The second-order valence-corrected chi connectivity index (χ2v) is 7.50. The van der Waals surface area contributed by atoms with Crippen LogP contribution in [0.4, 0.5) is 0 Å². The number of hydrogen-bond donors (Lipinski definition) is 1. The molecule has 1 N–H and O–H groups in total. The van der Waals surface area contributed by atoms with Gasteiger partial charge in [-0.05, 0) is 44.0 Å². The van der Waals surface area contributed by atoms with Gasteiger partial charge in [-0.15, -0.1) is 0 Å². The lowest BCUT2D eigenvalue weighted by molar-refractivity contribution is 0.0942. The van der Waals surface area contributed by atoms with Crippen LogP contribution in [0.3, 0.4) is 0 Å². The van der Waals surface area contributed by atoms with Crippen LogP contribution in [0.25, 0.3) is 5.82 Å². The summed E-state index contributed by atoms with van der Waals surface area (Å²) in [6, 6.07) is 21.6. The number of hydrogen-bond acceptors (Lipinski definition) is 4. The molecular weight excluding hydrogens is 400 g/mol. The number of rotatable bonds is 7. The Bertz CT molecular complexity index is 1250. The van der Waals surface area contributed by atoms with Gasteiger partial charge in [-0.1, -0.05) is 54.6 Å². The SMILES string of the molecule is Cc1nn(-c2ccccn2)c(C)c1CCNC(=O)c1ccccc1C(=O)c1ccccc1. The van der Waals surface area contributed by atoms with Crippen molar-refractivity contribution in [1.82, 2.24) is 20.1 Å². The summed E-state index contributed by atoms with van der Waals surface area (Å²) in [6.07, 6.45) is 2.37. The van der Waals surface area contributed by atoms with E-state index in [9.17, 15) is 9.59 Å². The van der Waals surface area contributed by atoms with Gasteiger partial charge in [0.1, 0.15) is 0 Å². The summed E-state index contributed by atoms with van der Waals surface area (Å²) in [5, 5.41) is 7.56. The Hall–Kier alpha value is -4.06. The summed E-state index contributed by atoms with van der Waals surface area (Å²) in [4.78, 5) is 30.2. The molecule has 1 amide bonds. The Labute approximate surface area is 186 Å². The molecule has 32 heavy (non-hydrogen) atoms. The molecule has 0 unspecified atom stereocenters. The maximum Gasteiger partial charge on any atom is 0.252 e. The van der Waals surface area contributed by atoms with Crippen LogP contribution in [0.1, 0.15) is 43.2 Å². The normalized spacial score (nSPS) is 10.7. The highest BCUT2D eigenvalue weighted by Crippen LogP contribution is 2.18. The van der Waals surface area contributed by atoms with E-state index in [1.165, 1.54) is 0 Å². The van der Waals surface area contributed by atoms with Gasteiger partial charge in [0.2, 0.25) is 0 Å². The van der Waals surface area contributed by atoms with Gasteiger partial charge < -0.3 is 5.32 Å². The third kappa shape index (κ3) is 4.34. The van der Waals surface area contributed by atoms with E-state index in [4.69, 9.17) is 0 Å². The Morgan fingerprint density at radius 3 is 2.28 bits per heavy atom. The molecule has 4 rings (SSSR count). The minimum Gasteiger partial charge on any atom is -0.352 e. The fourth-order valence-electron chi connectivity index (χ4n) is 3.76. The van der Waals surface area contributed by atoms with Crippen molar-refractivity contribution < 1.29 is 9.59 Å². The van der Waals surface area contributed by atoms with E-state index in [0.717, 1.165) is 22.8 Å². The van der Waals surface area contributed by atoms with Crippen LogP contribution in [-0.4, -0.2) is 33.0 Å². The molecule has 0 saturated heterocycles. The van der Waals surface area contributed by atoms with Gasteiger partial charge in [-0.2, -0.15) is 5.10 Å². The summed E-state index contributed by atoms with van der Waals surface area (Å²) in [6.45, 7) is 4.39. The minimum atomic E-state index is -0.266. The first-order valence-corrected chi connectivity index (χ1v) is 10.5. The van der Waals surface area contributed by atoms with Crippen LogP contribution in [0.2, 0.25) is 0 Å². The van der Waals surface area contributed by atoms with E-state index in [1.807, 2.05) is 54.9 Å². The van der Waals surface area contributed by atoms with Gasteiger partial charge in [0.05, 0.1) is 11.3 Å². The third-order valence-corrected chi connectivity index (χ3v) is 5.42. The maximum atomic E-state index is 12.9. The molecule has 0 saturated carbocycles. The molecular formula is C26H24N4O2. The Kier molecular flexibility index (Phi) is 6.22. The summed E-state index contributed by atoms with van der Waals surface area (Å²) >= 11 is 0. The van der Waals surface area contributed by atoms with E-state index in [-0.39, 0.29) is 11.7 Å². The van der Waals surface area contributed by atoms with Crippen LogP contribution in [0.5, 0.6) is 0 Å². The van der Waals surface area contributed by atoms with Crippen molar-refractivity contribution in [2.45, 2.75) is 20.3 Å². The third-order valence-electron chi connectivity index (χ3n) is 5.42. The molecule has 6 heteroatoms. The molecule has 0 aliphatic rings. The highest BCUT2D eigenvalue weighted by atomic mass is 16.2. The molecule has 0 spiro atoms. The van der Waals surface area contributed by atoms with Crippen LogP contribution in [0, 0.1) is 13.8 Å². The van der Waals surface area contributed by atoms with Gasteiger partial charge >= 0.3 is 0 Å². The van der Waals surface area contributed by atoms with Gasteiger partial charge in [-0.3, -0.25) is 9.59 Å². The highest BCUT2D eigenvalue weighted by Gasteiger charge is 2.18. The first-order chi connectivity index (χ1) is 15.6. The van der Waals surface area contributed by atoms with Crippen molar-refractivity contribution in [2.75, 3.05) is 6.54 Å². The second-order valence-electron chi connectivity index (χ2n) is 7.50. The van der Waals surface area contributed by atoms with Crippen LogP contribution in [-0.2, 0) is 6.42 Å². The number of ketones is 1. The van der Waals surface area contributed by atoms with Gasteiger partial charge in [0.25, 0.3) is 5.91 Å². The fourth-order valence-corrected chi connectivity index (χ4v) is 3.76. The molecule has 160 valence electrons. The average Bonchev–Trinajstić information content (AvgIpc) is 3.13. The second kappa shape index (κ2) is 9.39. The minimum absolute atomic E-state index is 0.167. The first-order valence-electron chi connectivity index (χ1n) is 10.5. The van der Waals surface area contributed by atoms with Crippen molar-refractivity contribution >= 4 is 11.7 Å². The van der Waals surface area contributed by atoms with Crippen molar-refractivity contribution in [3.63, 3.8) is 0 Å². The zero-order valence-corrected chi connectivity index (χ0v) is 18.1. The number of nitrogens with zero attached hydrogens (tertiary/aromatic N) is 3. The number of nitrogens with one attached hydrogen (secondary N) is 1. The Morgan fingerprint density at radius 1 is 0.875 bits per heavy atom. The number of aryl methyl sites for hydroxylation is 1. The molecule has 0 aliphatic carbocycles. The number of aromatic nitrogens is 3. The molecule has 0 radical (unpaired) electrons. The van der Waals surface area contributed by atoms with Gasteiger partial charge in [0.15, 0.2) is 11.6 Å². The van der Waals surface area contributed by atoms with Crippen molar-refractivity contribution in [1.29, 1.82) is 0 Å². The molecule has 2 aromatic heterocycles. The Balaban J connectivity index is 1.47. The number of benzene rings is 2. The van der Waals surface area contributed by atoms with E-state index in [0.29, 0.717) is 29.7 Å². The monoisotopic (exact) mass is 424 g/mol. The quantitative estimate of drug-likeness (QED) is 0.454. The highest BCUT2D eigenvalue weighted by molar-refractivity contribution is 6.15. The van der Waals surface area contributed by atoms with Crippen LogP contribution >= 0.6 is 0 Å². The fraction of sp³-hybridized carbons (Fsp3) is 0.154. The van der Waals surface area contributed by atoms with Gasteiger partial charge in [0, 0.05) is 29.6 Å². The number of carbonyl (C=O) groups is 2. The lowest BCUT2D eigenvalue weighted by Crippen LogP contribution is -2.27. The average molecular weight is 425 g/mol. The van der Waals surface area contributed by atoms with E-state index in [2.05, 4.69) is 15.4 Å². The molecule has 0 bridgehead atoms. The molecule has 4 aromatic rings. The van der Waals surface area contributed by atoms with Crippen molar-refractivity contribution in [3.05, 3.63) is 113 Å². The molecule has 0 atom stereocenters. The summed E-state index contributed by atoms with van der Waals surface area (Å²) < 4.78 is 1.82. The lowest BCUT2D eigenvalue weighted by Gasteiger charge is -2.10. The largest absolute Gasteiger partial charge is 0.352 e. The smallest absolute Gasteiger partial charge is 0.252 e. The molecule has 2 heterocycles.